The maximum Gasteiger partial charge on any atom is 0.417 e. The second-order valence-corrected chi connectivity index (χ2v) is 7.88. The topological polar surface area (TPSA) is 74.7 Å². The molecular formula is C16H11ClF3NO4S. The number of benzene rings is 2. The molecule has 3 rings (SSSR count). The third-order valence-corrected chi connectivity index (χ3v) is 6.15. The number of hydrogen-bond donors (Lipinski definition) is 1. The van der Waals surface area contributed by atoms with Crippen LogP contribution < -0.4 is 4.31 Å². The Labute approximate surface area is 151 Å². The molecule has 2 aromatic rings. The van der Waals surface area contributed by atoms with E-state index in [1.165, 1.54) is 18.2 Å². The van der Waals surface area contributed by atoms with Gasteiger partial charge >= 0.3 is 12.1 Å². The van der Waals surface area contributed by atoms with E-state index in [9.17, 15) is 26.4 Å². The number of nitrogens with zero attached hydrogens (tertiary/aromatic N) is 1. The molecule has 0 bridgehead atoms. The molecule has 1 N–H and O–H groups in total. The quantitative estimate of drug-likeness (QED) is 0.842. The lowest BCUT2D eigenvalue weighted by atomic mass is 10.1. The number of carbonyl (C=O) groups is 1. The lowest BCUT2D eigenvalue weighted by Gasteiger charge is -2.20. The van der Waals surface area contributed by atoms with Crippen molar-refractivity contribution in [2.45, 2.75) is 17.5 Å². The minimum absolute atomic E-state index is 0.00468. The summed E-state index contributed by atoms with van der Waals surface area (Å²) in [4.78, 5) is 10.5. The van der Waals surface area contributed by atoms with Crippen molar-refractivity contribution in [3.63, 3.8) is 0 Å². The molecule has 1 heterocycles. The number of alkyl halides is 3. The highest BCUT2D eigenvalue weighted by molar-refractivity contribution is 7.92. The third kappa shape index (κ3) is 3.12. The molecule has 1 aliphatic heterocycles. The summed E-state index contributed by atoms with van der Waals surface area (Å²) in [7, 11) is -4.26. The number of fused-ring (bicyclic) bond motifs is 1. The first kappa shape index (κ1) is 18.5. The van der Waals surface area contributed by atoms with E-state index in [4.69, 9.17) is 16.7 Å². The van der Waals surface area contributed by atoms with Crippen molar-refractivity contribution in [2.24, 2.45) is 0 Å². The van der Waals surface area contributed by atoms with Gasteiger partial charge in [0, 0.05) is 6.54 Å². The van der Waals surface area contributed by atoms with Crippen molar-refractivity contribution in [3.05, 3.63) is 58.1 Å². The van der Waals surface area contributed by atoms with Gasteiger partial charge in [-0.2, -0.15) is 13.2 Å². The number of carboxylic acid groups (broad SMARTS) is 1. The fourth-order valence-corrected chi connectivity index (χ4v) is 4.52. The van der Waals surface area contributed by atoms with Crippen molar-refractivity contribution >= 4 is 33.3 Å². The predicted molar refractivity (Wildman–Crippen MR) is 88.1 cm³/mol. The summed E-state index contributed by atoms with van der Waals surface area (Å²) in [6.07, 6.45) is -4.53. The fraction of sp³-hybridized carbons (Fsp3) is 0.188. The molecule has 0 unspecified atom stereocenters. The van der Waals surface area contributed by atoms with Crippen molar-refractivity contribution in [1.82, 2.24) is 0 Å². The molecule has 10 heteroatoms. The van der Waals surface area contributed by atoms with Crippen molar-refractivity contribution in [1.29, 1.82) is 0 Å². The minimum atomic E-state index is -4.79. The highest BCUT2D eigenvalue weighted by atomic mass is 35.5. The summed E-state index contributed by atoms with van der Waals surface area (Å²) in [6.45, 7) is 0.00468. The summed E-state index contributed by atoms with van der Waals surface area (Å²) in [5.41, 5.74) is -0.480. The van der Waals surface area contributed by atoms with Gasteiger partial charge < -0.3 is 5.11 Å². The van der Waals surface area contributed by atoms with Crippen LogP contribution >= 0.6 is 11.6 Å². The molecule has 138 valence electrons. The highest BCUT2D eigenvalue weighted by Crippen LogP contribution is 2.38. The van der Waals surface area contributed by atoms with E-state index in [-0.39, 0.29) is 24.2 Å². The monoisotopic (exact) mass is 405 g/mol. The first-order valence-electron chi connectivity index (χ1n) is 7.27. The van der Waals surface area contributed by atoms with E-state index < -0.39 is 37.7 Å². The molecule has 5 nitrogen and oxygen atoms in total. The Morgan fingerprint density at radius 1 is 1.15 bits per heavy atom. The molecule has 1 aliphatic rings. The van der Waals surface area contributed by atoms with E-state index in [0.717, 1.165) is 16.4 Å². The Balaban J connectivity index is 2.05. The molecule has 0 fully saturated rings. The molecule has 0 saturated carbocycles. The standard InChI is InChI=1S/C16H11ClF3NO4S/c17-13-3-2-11(8-12(13)16(18,19)20)26(24,25)21-6-5-9-7-10(15(22)23)1-4-14(9)21/h1-4,7-8H,5-6H2,(H,22,23). The SMILES string of the molecule is O=C(O)c1ccc2c(c1)CCN2S(=O)(=O)c1ccc(Cl)c(C(F)(F)F)c1. The summed E-state index contributed by atoms with van der Waals surface area (Å²) in [5.74, 6) is -1.15. The van der Waals surface area contributed by atoms with Crippen LogP contribution in [-0.2, 0) is 22.6 Å². The largest absolute Gasteiger partial charge is 0.478 e. The summed E-state index contributed by atoms with van der Waals surface area (Å²) in [5, 5.41) is 8.41. The Kier molecular flexibility index (Phi) is 4.40. The van der Waals surface area contributed by atoms with Gasteiger partial charge in [0.2, 0.25) is 0 Å². The smallest absolute Gasteiger partial charge is 0.417 e. The third-order valence-electron chi connectivity index (χ3n) is 4.01. The summed E-state index contributed by atoms with van der Waals surface area (Å²) < 4.78 is 65.6. The molecule has 2 aromatic carbocycles. The molecule has 0 spiro atoms. The Bertz CT molecular complexity index is 1010. The van der Waals surface area contributed by atoms with E-state index in [1.807, 2.05) is 0 Å². The number of hydrogen-bond acceptors (Lipinski definition) is 3. The van der Waals surface area contributed by atoms with E-state index >= 15 is 0 Å². The molecule has 0 saturated heterocycles. The lowest BCUT2D eigenvalue weighted by Crippen LogP contribution is -2.29. The van der Waals surface area contributed by atoms with Crippen LogP contribution in [0, 0.1) is 0 Å². The Hall–Kier alpha value is -2.26. The Morgan fingerprint density at radius 3 is 2.46 bits per heavy atom. The lowest BCUT2D eigenvalue weighted by molar-refractivity contribution is -0.137. The second kappa shape index (κ2) is 6.17. The zero-order valence-electron chi connectivity index (χ0n) is 12.9. The molecular weight excluding hydrogens is 395 g/mol. The number of carboxylic acids is 1. The van der Waals surface area contributed by atoms with Gasteiger partial charge in [-0.1, -0.05) is 11.6 Å². The molecule has 0 radical (unpaired) electrons. The number of anilines is 1. The second-order valence-electron chi connectivity index (χ2n) is 5.62. The van der Waals surface area contributed by atoms with E-state index in [0.29, 0.717) is 11.6 Å². The first-order chi connectivity index (χ1) is 12.0. The predicted octanol–water partition coefficient (Wildman–Crippen LogP) is 3.81. The number of rotatable bonds is 3. The van der Waals surface area contributed by atoms with Gasteiger partial charge in [-0.3, -0.25) is 4.31 Å². The number of halogens is 4. The summed E-state index contributed by atoms with van der Waals surface area (Å²) >= 11 is 5.53. The molecule has 0 aromatic heterocycles. The maximum absolute atomic E-state index is 13.0. The van der Waals surface area contributed by atoms with Crippen LogP contribution in [0.25, 0.3) is 0 Å². The average Bonchev–Trinajstić information content (AvgIpc) is 2.97. The fourth-order valence-electron chi connectivity index (χ4n) is 2.76. The van der Waals surface area contributed by atoms with Crippen LogP contribution in [-0.4, -0.2) is 26.0 Å². The van der Waals surface area contributed by atoms with Crippen LogP contribution in [0.4, 0.5) is 18.9 Å². The zero-order valence-corrected chi connectivity index (χ0v) is 14.5. The van der Waals surface area contributed by atoms with Crippen LogP contribution in [0.15, 0.2) is 41.3 Å². The van der Waals surface area contributed by atoms with Crippen molar-refractivity contribution in [2.75, 3.05) is 10.8 Å². The van der Waals surface area contributed by atoms with Crippen molar-refractivity contribution in [3.8, 4) is 0 Å². The van der Waals surface area contributed by atoms with E-state index in [1.54, 1.807) is 0 Å². The van der Waals surface area contributed by atoms with Crippen molar-refractivity contribution < 1.29 is 31.5 Å². The molecule has 26 heavy (non-hydrogen) atoms. The van der Waals surface area contributed by atoms with Gasteiger partial charge in [-0.25, -0.2) is 13.2 Å². The van der Waals surface area contributed by atoms with Gasteiger partial charge in [0.15, 0.2) is 0 Å². The Morgan fingerprint density at radius 2 is 1.85 bits per heavy atom. The first-order valence-corrected chi connectivity index (χ1v) is 9.09. The number of aromatic carboxylic acids is 1. The van der Waals surface area contributed by atoms with Gasteiger partial charge in [0.05, 0.1) is 26.7 Å². The van der Waals surface area contributed by atoms with Crippen LogP contribution in [0.1, 0.15) is 21.5 Å². The van der Waals surface area contributed by atoms with E-state index in [2.05, 4.69) is 0 Å². The normalized spacial score (nSPS) is 14.4. The summed E-state index contributed by atoms with van der Waals surface area (Å²) in [6, 6.07) is 6.34. The number of sulfonamides is 1. The highest BCUT2D eigenvalue weighted by Gasteiger charge is 2.37. The van der Waals surface area contributed by atoms with Crippen LogP contribution in [0.2, 0.25) is 5.02 Å². The molecule has 0 amide bonds. The zero-order chi connectivity index (χ0) is 19.3. The van der Waals surface area contributed by atoms with Crippen LogP contribution in [0.5, 0.6) is 0 Å². The molecule has 0 atom stereocenters. The average molecular weight is 406 g/mol. The van der Waals surface area contributed by atoms with Gasteiger partial charge in [0.25, 0.3) is 10.0 Å². The van der Waals surface area contributed by atoms with Gasteiger partial charge in [-0.15, -0.1) is 0 Å². The minimum Gasteiger partial charge on any atom is -0.478 e. The maximum atomic E-state index is 13.0. The molecule has 0 aliphatic carbocycles. The van der Waals surface area contributed by atoms with Crippen LogP contribution in [0.3, 0.4) is 0 Å². The van der Waals surface area contributed by atoms with Gasteiger partial charge in [0.1, 0.15) is 0 Å². The van der Waals surface area contributed by atoms with Gasteiger partial charge in [-0.05, 0) is 48.4 Å².